The summed E-state index contributed by atoms with van der Waals surface area (Å²) in [5, 5.41) is 3.14. The molecular weight excluding hydrogens is 381 g/mol. The summed E-state index contributed by atoms with van der Waals surface area (Å²) in [7, 11) is 0. The summed E-state index contributed by atoms with van der Waals surface area (Å²) in [6, 6.07) is 8.66. The van der Waals surface area contributed by atoms with Gasteiger partial charge in [-0.15, -0.1) is 24.8 Å². The van der Waals surface area contributed by atoms with Crippen LogP contribution in [-0.2, 0) is 10.2 Å². The van der Waals surface area contributed by atoms with Crippen LogP contribution in [0.1, 0.15) is 59.9 Å². The van der Waals surface area contributed by atoms with Crippen LogP contribution in [0.3, 0.4) is 0 Å². The van der Waals surface area contributed by atoms with Gasteiger partial charge in [0.25, 0.3) is 0 Å². The highest BCUT2D eigenvalue weighted by Gasteiger charge is 2.30. The third-order valence-corrected chi connectivity index (χ3v) is 5.16. The van der Waals surface area contributed by atoms with E-state index in [2.05, 4.69) is 55.3 Å². The third kappa shape index (κ3) is 7.17. The number of nitrogens with one attached hydrogen (secondary N) is 1. The fraction of sp³-hybridized carbons (Fsp3) is 0.667. The lowest BCUT2D eigenvalue weighted by Crippen LogP contribution is -2.53. The minimum absolute atomic E-state index is 0. The number of nitrogens with two attached hydrogens (primary N) is 1. The third-order valence-electron chi connectivity index (χ3n) is 5.16. The van der Waals surface area contributed by atoms with E-state index in [1.165, 1.54) is 11.3 Å². The van der Waals surface area contributed by atoms with Gasteiger partial charge in [-0.1, -0.05) is 53.7 Å². The maximum Gasteiger partial charge on any atom is 0.237 e. The Morgan fingerprint density at radius 1 is 1.04 bits per heavy atom. The lowest BCUT2D eigenvalue weighted by atomic mass is 9.86. The normalized spacial score (nSPS) is 16.8. The second-order valence-electron chi connectivity index (χ2n) is 9.41. The first kappa shape index (κ1) is 26.0. The van der Waals surface area contributed by atoms with Crippen molar-refractivity contribution < 1.29 is 4.79 Å². The minimum Gasteiger partial charge on any atom is -0.371 e. The predicted octanol–water partition coefficient (Wildman–Crippen LogP) is 4.29. The van der Waals surface area contributed by atoms with Crippen molar-refractivity contribution in [3.63, 3.8) is 0 Å². The fourth-order valence-electron chi connectivity index (χ4n) is 3.14. The Kier molecular flexibility index (Phi) is 9.63. The van der Waals surface area contributed by atoms with Crippen LogP contribution in [0.4, 0.5) is 5.69 Å². The van der Waals surface area contributed by atoms with E-state index in [4.69, 9.17) is 5.73 Å². The monoisotopic (exact) mass is 417 g/mol. The number of nitrogens with zero attached hydrogens (tertiary/aromatic N) is 1. The Bertz CT molecular complexity index is 583. The zero-order chi connectivity index (χ0) is 18.8. The molecule has 1 aromatic carbocycles. The molecule has 27 heavy (non-hydrogen) atoms. The number of carbonyl (C=O) groups is 1. The van der Waals surface area contributed by atoms with Crippen molar-refractivity contribution in [2.75, 3.05) is 18.0 Å². The summed E-state index contributed by atoms with van der Waals surface area (Å²) in [5.74, 6) is -0.0273. The zero-order valence-electron chi connectivity index (χ0n) is 17.5. The van der Waals surface area contributed by atoms with E-state index in [0.717, 1.165) is 25.9 Å². The van der Waals surface area contributed by atoms with E-state index in [-0.39, 0.29) is 47.6 Å². The largest absolute Gasteiger partial charge is 0.371 e. The molecule has 1 fully saturated rings. The van der Waals surface area contributed by atoms with Crippen LogP contribution in [0.2, 0.25) is 0 Å². The maximum atomic E-state index is 12.3. The average Bonchev–Trinajstić information content (AvgIpc) is 2.53. The predicted molar refractivity (Wildman–Crippen MR) is 120 cm³/mol. The van der Waals surface area contributed by atoms with E-state index < -0.39 is 6.04 Å². The summed E-state index contributed by atoms with van der Waals surface area (Å²) in [4.78, 5) is 14.7. The van der Waals surface area contributed by atoms with E-state index in [1.54, 1.807) is 0 Å². The highest BCUT2D eigenvalue weighted by Crippen LogP contribution is 2.26. The van der Waals surface area contributed by atoms with Gasteiger partial charge in [-0.2, -0.15) is 0 Å². The van der Waals surface area contributed by atoms with Gasteiger partial charge < -0.3 is 16.0 Å². The smallest absolute Gasteiger partial charge is 0.237 e. The summed E-state index contributed by atoms with van der Waals surface area (Å²) in [5.41, 5.74) is 8.65. The summed E-state index contributed by atoms with van der Waals surface area (Å²) in [6.45, 7) is 14.6. The van der Waals surface area contributed by atoms with Crippen LogP contribution in [0.15, 0.2) is 24.3 Å². The topological polar surface area (TPSA) is 58.4 Å². The Morgan fingerprint density at radius 2 is 1.52 bits per heavy atom. The molecule has 1 aromatic rings. The van der Waals surface area contributed by atoms with Gasteiger partial charge in [-0.3, -0.25) is 4.79 Å². The molecule has 0 saturated carbocycles. The van der Waals surface area contributed by atoms with Crippen molar-refractivity contribution in [2.45, 2.75) is 71.9 Å². The average molecular weight is 418 g/mol. The van der Waals surface area contributed by atoms with E-state index in [0.29, 0.717) is 0 Å². The SMILES string of the molecule is CC(C)(C)c1ccc(N2CCC(NC(=O)[C@@H](N)C(C)(C)C)CC2)cc1.Cl.Cl. The Hall–Kier alpha value is -0.970. The van der Waals surface area contributed by atoms with Crippen LogP contribution in [0, 0.1) is 5.41 Å². The molecule has 0 aromatic heterocycles. The molecular formula is C21H37Cl2N3O. The van der Waals surface area contributed by atoms with Gasteiger partial charge in [-0.05, 0) is 41.4 Å². The maximum absolute atomic E-state index is 12.3. The second-order valence-corrected chi connectivity index (χ2v) is 9.41. The van der Waals surface area contributed by atoms with Crippen molar-refractivity contribution in [3.05, 3.63) is 29.8 Å². The summed E-state index contributed by atoms with van der Waals surface area (Å²) in [6.07, 6.45) is 1.92. The number of hydrogen-bond donors (Lipinski definition) is 2. The van der Waals surface area contributed by atoms with Crippen LogP contribution in [-0.4, -0.2) is 31.1 Å². The van der Waals surface area contributed by atoms with Crippen molar-refractivity contribution in [1.82, 2.24) is 5.32 Å². The van der Waals surface area contributed by atoms with Gasteiger partial charge >= 0.3 is 0 Å². The Morgan fingerprint density at radius 3 is 1.93 bits per heavy atom. The number of amides is 1. The highest BCUT2D eigenvalue weighted by molar-refractivity contribution is 5.85. The number of benzene rings is 1. The Balaban J connectivity index is 0.00000338. The molecule has 1 aliphatic heterocycles. The van der Waals surface area contributed by atoms with Gasteiger partial charge in [0.05, 0.1) is 6.04 Å². The zero-order valence-corrected chi connectivity index (χ0v) is 19.2. The van der Waals surface area contributed by atoms with Crippen LogP contribution >= 0.6 is 24.8 Å². The van der Waals surface area contributed by atoms with Gasteiger partial charge in [0.15, 0.2) is 0 Å². The highest BCUT2D eigenvalue weighted by atomic mass is 35.5. The van der Waals surface area contributed by atoms with E-state index in [9.17, 15) is 4.79 Å². The van der Waals surface area contributed by atoms with Crippen LogP contribution in [0.25, 0.3) is 0 Å². The molecule has 1 saturated heterocycles. The number of carbonyl (C=O) groups excluding carboxylic acids is 1. The lowest BCUT2D eigenvalue weighted by Gasteiger charge is -2.35. The number of rotatable bonds is 3. The molecule has 0 spiro atoms. The first-order chi connectivity index (χ1) is 11.5. The molecule has 6 heteroatoms. The van der Waals surface area contributed by atoms with Gasteiger partial charge in [0, 0.05) is 24.8 Å². The minimum atomic E-state index is -0.463. The van der Waals surface area contributed by atoms with Crippen molar-refractivity contribution >= 4 is 36.4 Å². The fourth-order valence-corrected chi connectivity index (χ4v) is 3.14. The molecule has 0 bridgehead atoms. The van der Waals surface area contributed by atoms with Gasteiger partial charge in [-0.25, -0.2) is 0 Å². The molecule has 0 aliphatic carbocycles. The standard InChI is InChI=1S/C21H35N3O.2ClH/c1-20(2,3)15-7-9-17(10-8-15)24-13-11-16(12-14-24)23-19(25)18(22)21(4,5)6;;/h7-10,16,18H,11-14,22H2,1-6H3,(H,23,25);2*1H/t18-;;/m1../s1. The van der Waals surface area contributed by atoms with Crippen molar-refractivity contribution in [3.8, 4) is 0 Å². The molecule has 0 radical (unpaired) electrons. The van der Waals surface area contributed by atoms with Gasteiger partial charge in [0.1, 0.15) is 0 Å². The molecule has 0 unspecified atom stereocenters. The first-order valence-corrected chi connectivity index (χ1v) is 9.40. The second kappa shape index (κ2) is 9.99. The summed E-state index contributed by atoms with van der Waals surface area (Å²) >= 11 is 0. The molecule has 3 N–H and O–H groups in total. The van der Waals surface area contributed by atoms with E-state index in [1.807, 2.05) is 20.8 Å². The molecule has 2 rings (SSSR count). The first-order valence-electron chi connectivity index (χ1n) is 9.40. The Labute approximate surface area is 177 Å². The van der Waals surface area contributed by atoms with Crippen molar-refractivity contribution in [1.29, 1.82) is 0 Å². The molecule has 1 atom stereocenters. The summed E-state index contributed by atoms with van der Waals surface area (Å²) < 4.78 is 0. The van der Waals surface area contributed by atoms with Gasteiger partial charge in [0.2, 0.25) is 5.91 Å². The molecule has 1 heterocycles. The molecule has 1 amide bonds. The van der Waals surface area contributed by atoms with Crippen LogP contribution in [0.5, 0.6) is 0 Å². The van der Waals surface area contributed by atoms with Crippen LogP contribution < -0.4 is 16.0 Å². The number of piperidine rings is 1. The molecule has 4 nitrogen and oxygen atoms in total. The number of anilines is 1. The molecule has 1 aliphatic rings. The molecule has 156 valence electrons. The lowest BCUT2D eigenvalue weighted by molar-refractivity contribution is -0.125. The number of halogens is 2. The number of hydrogen-bond acceptors (Lipinski definition) is 3. The van der Waals surface area contributed by atoms with E-state index >= 15 is 0 Å². The van der Waals surface area contributed by atoms with Crippen molar-refractivity contribution in [2.24, 2.45) is 11.1 Å². The quantitative estimate of drug-likeness (QED) is 0.770.